The predicted molar refractivity (Wildman–Crippen MR) is 267 cm³/mol. The summed E-state index contributed by atoms with van der Waals surface area (Å²) in [5.41, 5.74) is 14.2. The van der Waals surface area contributed by atoms with Crippen molar-refractivity contribution in [3.63, 3.8) is 0 Å². The lowest BCUT2D eigenvalue weighted by atomic mass is 9.79. The number of para-hydroxylation sites is 2. The molecule has 63 heavy (non-hydrogen) atoms. The Hall–Kier alpha value is -8.01. The highest BCUT2D eigenvalue weighted by molar-refractivity contribution is 6.25. The van der Waals surface area contributed by atoms with E-state index in [1.165, 1.54) is 93.0 Å². The van der Waals surface area contributed by atoms with E-state index >= 15 is 0 Å². The molecule has 0 N–H and O–H groups in total. The molecule has 2 aromatic heterocycles. The van der Waals surface area contributed by atoms with Crippen LogP contribution in [0.3, 0.4) is 0 Å². The predicted octanol–water partition coefficient (Wildman–Crippen LogP) is 15.6. The van der Waals surface area contributed by atoms with Gasteiger partial charge < -0.3 is 4.57 Å². The third-order valence-corrected chi connectivity index (χ3v) is 13.6. The summed E-state index contributed by atoms with van der Waals surface area (Å²) in [5, 5.41) is 9.83. The largest absolute Gasteiger partial charge is 0.309 e. The summed E-state index contributed by atoms with van der Waals surface area (Å²) < 4.78 is 4.94. The maximum atomic E-state index is 5.81. The standard InChI is InChI=1S/C60H41N3/c1-38-47-20-9-10-24-51(47)58(45-28-27-40-17-5-6-18-42(40)35-45)61-60(38)63-55-26-14-12-23-50(55)53-36-43-19-7-8-21-48(43)57(59(53)63)44-31-34-56-52(37-44)49-22-11-13-25-54(49)62(56)46-32-29-41(30-33-46)39-15-3-2-4-16-39/h2-38,47H,1H3. The second-order valence-corrected chi connectivity index (χ2v) is 17.1. The van der Waals surface area contributed by atoms with Crippen molar-refractivity contribution in [3.8, 4) is 27.9 Å². The van der Waals surface area contributed by atoms with Crippen molar-refractivity contribution in [2.45, 2.75) is 6.92 Å². The Morgan fingerprint density at radius 1 is 0.429 bits per heavy atom. The van der Waals surface area contributed by atoms with Crippen LogP contribution in [-0.2, 0) is 0 Å². The number of benzene rings is 9. The van der Waals surface area contributed by atoms with E-state index in [1.54, 1.807) is 0 Å². The third kappa shape index (κ3) is 5.49. The van der Waals surface area contributed by atoms with Crippen molar-refractivity contribution < 1.29 is 0 Å². The molecular formula is C60H41N3. The molecule has 2 aliphatic rings. The number of hydrogen-bond donors (Lipinski definition) is 0. The van der Waals surface area contributed by atoms with E-state index in [4.69, 9.17) is 4.99 Å². The van der Waals surface area contributed by atoms with Crippen LogP contribution < -0.4 is 0 Å². The SMILES string of the molecule is CC1C(n2c3ccccc3c3cc4ccccc4c(-c4ccc5c(c4)c4ccccc4n5-c4ccc(-c5ccccc5)cc4)c32)=NC(c2ccc3ccccc3c2)=C2C=CC=CC21. The summed E-state index contributed by atoms with van der Waals surface area (Å²) in [5.74, 6) is 1.34. The summed E-state index contributed by atoms with van der Waals surface area (Å²) >= 11 is 0. The Bertz CT molecular complexity index is 3800. The Morgan fingerprint density at radius 2 is 1.05 bits per heavy atom. The van der Waals surface area contributed by atoms with Crippen LogP contribution in [0.15, 0.2) is 229 Å². The lowest BCUT2D eigenvalue weighted by Crippen LogP contribution is -2.31. The van der Waals surface area contributed by atoms with E-state index in [0.717, 1.165) is 22.8 Å². The fraction of sp³-hybridized carbons (Fsp3) is 0.0500. The van der Waals surface area contributed by atoms with Crippen molar-refractivity contribution >= 4 is 76.7 Å². The van der Waals surface area contributed by atoms with Crippen LogP contribution in [-0.4, -0.2) is 15.0 Å². The maximum Gasteiger partial charge on any atom is 0.118 e. The van der Waals surface area contributed by atoms with Crippen LogP contribution in [0.2, 0.25) is 0 Å². The monoisotopic (exact) mass is 803 g/mol. The Morgan fingerprint density at radius 3 is 1.86 bits per heavy atom. The first kappa shape index (κ1) is 35.7. The molecule has 0 bridgehead atoms. The first-order valence-electron chi connectivity index (χ1n) is 22.0. The number of aliphatic imine (C=N–C) groups is 1. The summed E-state index contributed by atoms with van der Waals surface area (Å²) in [4.78, 5) is 5.81. The van der Waals surface area contributed by atoms with Gasteiger partial charge in [-0.15, -0.1) is 0 Å². The van der Waals surface area contributed by atoms with Crippen LogP contribution in [0.4, 0.5) is 0 Å². The van der Waals surface area contributed by atoms with Gasteiger partial charge in [0, 0.05) is 50.2 Å². The molecular weight excluding hydrogens is 763 g/mol. The van der Waals surface area contributed by atoms with Crippen LogP contribution in [0, 0.1) is 11.8 Å². The smallest absolute Gasteiger partial charge is 0.118 e. The molecule has 0 radical (unpaired) electrons. The van der Waals surface area contributed by atoms with E-state index in [1.807, 2.05) is 0 Å². The molecule has 1 aliphatic heterocycles. The average molecular weight is 804 g/mol. The molecule has 0 spiro atoms. The number of nitrogens with zero attached hydrogens (tertiary/aromatic N) is 3. The van der Waals surface area contributed by atoms with Gasteiger partial charge in [0.15, 0.2) is 0 Å². The highest BCUT2D eigenvalue weighted by atomic mass is 15.1. The Labute approximate surface area is 365 Å². The van der Waals surface area contributed by atoms with Gasteiger partial charge >= 0.3 is 0 Å². The van der Waals surface area contributed by atoms with Crippen LogP contribution in [0.25, 0.3) is 98.8 Å². The van der Waals surface area contributed by atoms with Crippen LogP contribution in [0.5, 0.6) is 0 Å². The highest BCUT2D eigenvalue weighted by Crippen LogP contribution is 2.46. The second kappa shape index (κ2) is 14.0. The number of allylic oxidation sites excluding steroid dienone is 5. The van der Waals surface area contributed by atoms with Crippen molar-refractivity contribution in [1.82, 2.24) is 9.13 Å². The molecule has 3 heterocycles. The van der Waals surface area contributed by atoms with Gasteiger partial charge in [-0.05, 0) is 92.3 Å². The first-order valence-corrected chi connectivity index (χ1v) is 22.0. The minimum Gasteiger partial charge on any atom is -0.309 e. The molecule has 13 rings (SSSR count). The van der Waals surface area contributed by atoms with E-state index in [9.17, 15) is 0 Å². The second-order valence-electron chi connectivity index (χ2n) is 17.1. The lowest BCUT2D eigenvalue weighted by Gasteiger charge is -2.33. The third-order valence-electron chi connectivity index (χ3n) is 13.6. The molecule has 3 heteroatoms. The van der Waals surface area contributed by atoms with Crippen molar-refractivity contribution in [3.05, 3.63) is 230 Å². The maximum absolute atomic E-state index is 5.81. The fourth-order valence-electron chi connectivity index (χ4n) is 10.7. The molecule has 0 amide bonds. The summed E-state index contributed by atoms with van der Waals surface area (Å²) in [6.07, 6.45) is 9.02. The Kier molecular flexibility index (Phi) is 7.95. The molecule has 1 aliphatic carbocycles. The van der Waals surface area contributed by atoms with E-state index in [-0.39, 0.29) is 11.8 Å². The first-order chi connectivity index (χ1) is 31.2. The van der Waals surface area contributed by atoms with Crippen LogP contribution in [0.1, 0.15) is 12.5 Å². The summed E-state index contributed by atoms with van der Waals surface area (Å²) in [7, 11) is 0. The molecule has 9 aromatic carbocycles. The highest BCUT2D eigenvalue weighted by Gasteiger charge is 2.34. The van der Waals surface area contributed by atoms with Crippen molar-refractivity contribution in [1.29, 1.82) is 0 Å². The summed E-state index contributed by atoms with van der Waals surface area (Å²) in [6.45, 7) is 2.36. The molecule has 2 atom stereocenters. The molecule has 11 aromatic rings. The minimum absolute atomic E-state index is 0.109. The molecule has 3 nitrogen and oxygen atoms in total. The number of fused-ring (bicyclic) bond motifs is 9. The Balaban J connectivity index is 1.07. The van der Waals surface area contributed by atoms with E-state index in [2.05, 4.69) is 234 Å². The van der Waals surface area contributed by atoms with Crippen molar-refractivity contribution in [2.24, 2.45) is 16.8 Å². The van der Waals surface area contributed by atoms with Gasteiger partial charge in [0.2, 0.25) is 0 Å². The van der Waals surface area contributed by atoms with Gasteiger partial charge in [-0.25, -0.2) is 4.99 Å². The van der Waals surface area contributed by atoms with Gasteiger partial charge in [0.05, 0.1) is 27.8 Å². The fourth-order valence-corrected chi connectivity index (χ4v) is 10.7. The van der Waals surface area contributed by atoms with Gasteiger partial charge in [0.25, 0.3) is 0 Å². The lowest BCUT2D eigenvalue weighted by molar-refractivity contribution is 0.603. The molecule has 0 saturated heterocycles. The van der Waals surface area contributed by atoms with Gasteiger partial charge in [-0.2, -0.15) is 0 Å². The zero-order valence-corrected chi connectivity index (χ0v) is 34.8. The zero-order chi connectivity index (χ0) is 41.6. The van der Waals surface area contributed by atoms with E-state index < -0.39 is 0 Å². The van der Waals surface area contributed by atoms with Gasteiger partial charge in [-0.3, -0.25) is 4.57 Å². The normalized spacial score (nSPS) is 16.2. The minimum atomic E-state index is 0.109. The molecule has 0 saturated carbocycles. The number of rotatable bonds is 4. The molecule has 2 unspecified atom stereocenters. The van der Waals surface area contributed by atoms with Crippen LogP contribution >= 0.6 is 0 Å². The summed E-state index contributed by atoms with van der Waals surface area (Å²) in [6, 6.07) is 71.2. The molecule has 296 valence electrons. The van der Waals surface area contributed by atoms with Gasteiger partial charge in [0.1, 0.15) is 5.84 Å². The topological polar surface area (TPSA) is 22.2 Å². The zero-order valence-electron chi connectivity index (χ0n) is 34.8. The van der Waals surface area contributed by atoms with Gasteiger partial charge in [-0.1, -0.05) is 177 Å². The molecule has 0 fully saturated rings. The average Bonchev–Trinajstić information content (AvgIpc) is 3.86. The number of aromatic nitrogens is 2. The quantitative estimate of drug-likeness (QED) is 0.169. The van der Waals surface area contributed by atoms with E-state index in [0.29, 0.717) is 0 Å². The number of hydrogen-bond acceptors (Lipinski definition) is 1. The van der Waals surface area contributed by atoms with Crippen molar-refractivity contribution in [2.75, 3.05) is 0 Å².